The van der Waals surface area contributed by atoms with Crippen molar-refractivity contribution >= 4 is 0 Å². The highest BCUT2D eigenvalue weighted by Gasteiger charge is 2.06. The molecular weight excluding hydrogens is 186 g/mol. The summed E-state index contributed by atoms with van der Waals surface area (Å²) in [4.78, 5) is 4.07. The third-order valence-electron chi connectivity index (χ3n) is 2.14. The standard InChI is InChI=1S/C13H12NO/c1-11(12-7-3-2-4-8-12)15-13-9-5-6-10-14-13/h2-8,10-11H,1H3. The molecule has 0 saturated carbocycles. The molecule has 1 radical (unpaired) electrons. The Morgan fingerprint density at radius 2 is 2.00 bits per heavy atom. The van der Waals surface area contributed by atoms with E-state index in [0.29, 0.717) is 5.88 Å². The molecule has 0 N–H and O–H groups in total. The lowest BCUT2D eigenvalue weighted by atomic mass is 10.1. The predicted molar refractivity (Wildman–Crippen MR) is 58.6 cm³/mol. The average Bonchev–Trinajstić information content (AvgIpc) is 2.31. The smallest absolute Gasteiger partial charge is 0.222 e. The summed E-state index contributed by atoms with van der Waals surface area (Å²) in [5.41, 5.74) is 1.14. The van der Waals surface area contributed by atoms with Gasteiger partial charge >= 0.3 is 0 Å². The predicted octanol–water partition coefficient (Wildman–Crippen LogP) is 3.02. The Labute approximate surface area is 89.6 Å². The molecule has 2 nitrogen and oxygen atoms in total. The Kier molecular flexibility index (Phi) is 2.98. The van der Waals surface area contributed by atoms with Crippen LogP contribution in [-0.4, -0.2) is 4.98 Å². The first-order valence-electron chi connectivity index (χ1n) is 4.90. The van der Waals surface area contributed by atoms with Gasteiger partial charge < -0.3 is 4.74 Å². The van der Waals surface area contributed by atoms with Gasteiger partial charge in [-0.2, -0.15) is 0 Å². The molecule has 15 heavy (non-hydrogen) atoms. The second kappa shape index (κ2) is 4.60. The molecule has 0 aliphatic carbocycles. The van der Waals surface area contributed by atoms with Crippen LogP contribution in [0.2, 0.25) is 0 Å². The summed E-state index contributed by atoms with van der Waals surface area (Å²) in [6.07, 6.45) is 1.70. The Bertz CT molecular complexity index is 399. The zero-order chi connectivity index (χ0) is 10.5. The number of benzene rings is 1. The van der Waals surface area contributed by atoms with Crippen molar-refractivity contribution in [1.82, 2.24) is 4.98 Å². The van der Waals surface area contributed by atoms with Gasteiger partial charge in [0.2, 0.25) is 5.88 Å². The van der Waals surface area contributed by atoms with Crippen LogP contribution < -0.4 is 4.74 Å². The second-order valence-corrected chi connectivity index (χ2v) is 3.26. The molecule has 75 valence electrons. The second-order valence-electron chi connectivity index (χ2n) is 3.26. The highest BCUT2D eigenvalue weighted by Crippen LogP contribution is 2.18. The normalized spacial score (nSPS) is 12.1. The molecule has 0 saturated heterocycles. The first-order chi connectivity index (χ1) is 7.36. The van der Waals surface area contributed by atoms with Crippen LogP contribution in [0.4, 0.5) is 0 Å². The van der Waals surface area contributed by atoms with Crippen LogP contribution in [-0.2, 0) is 0 Å². The molecule has 2 heteroatoms. The van der Waals surface area contributed by atoms with E-state index in [1.807, 2.05) is 43.3 Å². The van der Waals surface area contributed by atoms with Gasteiger partial charge in [-0.1, -0.05) is 30.3 Å². The van der Waals surface area contributed by atoms with E-state index in [9.17, 15) is 0 Å². The maximum atomic E-state index is 5.63. The van der Waals surface area contributed by atoms with Gasteiger partial charge in [0.1, 0.15) is 6.10 Å². The summed E-state index contributed by atoms with van der Waals surface area (Å²) in [5.74, 6) is 0.536. The van der Waals surface area contributed by atoms with Crippen LogP contribution in [0.25, 0.3) is 0 Å². The largest absolute Gasteiger partial charge is 0.469 e. The summed E-state index contributed by atoms with van der Waals surface area (Å²) in [7, 11) is 0. The third-order valence-corrected chi connectivity index (χ3v) is 2.14. The summed E-state index contributed by atoms with van der Waals surface area (Å²) in [6.45, 7) is 2.00. The van der Waals surface area contributed by atoms with Gasteiger partial charge in [0.05, 0.1) is 0 Å². The van der Waals surface area contributed by atoms with E-state index in [4.69, 9.17) is 4.74 Å². The fourth-order valence-corrected chi connectivity index (χ4v) is 1.33. The van der Waals surface area contributed by atoms with Gasteiger partial charge in [-0.05, 0) is 24.6 Å². The van der Waals surface area contributed by atoms with Crippen LogP contribution in [0.3, 0.4) is 0 Å². The third kappa shape index (κ3) is 2.56. The minimum atomic E-state index is -0.00245. The van der Waals surface area contributed by atoms with E-state index in [1.165, 1.54) is 0 Å². The van der Waals surface area contributed by atoms with Crippen molar-refractivity contribution < 1.29 is 4.74 Å². The fourth-order valence-electron chi connectivity index (χ4n) is 1.33. The fraction of sp³-hybridized carbons (Fsp3) is 0.154. The number of pyridine rings is 1. The van der Waals surface area contributed by atoms with Crippen molar-refractivity contribution in [2.45, 2.75) is 13.0 Å². The van der Waals surface area contributed by atoms with E-state index in [1.54, 1.807) is 12.3 Å². The molecule has 0 aliphatic rings. The van der Waals surface area contributed by atoms with Gasteiger partial charge in [0, 0.05) is 12.3 Å². The highest BCUT2D eigenvalue weighted by atomic mass is 16.5. The van der Waals surface area contributed by atoms with Crippen LogP contribution in [0.5, 0.6) is 5.88 Å². The van der Waals surface area contributed by atoms with Gasteiger partial charge in [0.25, 0.3) is 0 Å². The van der Waals surface area contributed by atoms with E-state index in [2.05, 4.69) is 11.1 Å². The van der Waals surface area contributed by atoms with Gasteiger partial charge in [-0.25, -0.2) is 4.98 Å². The van der Waals surface area contributed by atoms with Crippen molar-refractivity contribution in [3.8, 4) is 5.88 Å². The molecule has 0 amide bonds. The summed E-state index contributed by atoms with van der Waals surface area (Å²) in [6, 6.07) is 16.6. The lowest BCUT2D eigenvalue weighted by molar-refractivity contribution is 0.217. The van der Waals surface area contributed by atoms with E-state index in [0.717, 1.165) is 5.56 Å². The molecule has 0 bridgehead atoms. The molecular formula is C13H12NO. The van der Waals surface area contributed by atoms with Crippen LogP contribution >= 0.6 is 0 Å². The Morgan fingerprint density at radius 3 is 2.67 bits per heavy atom. The summed E-state index contributed by atoms with van der Waals surface area (Å²) >= 11 is 0. The van der Waals surface area contributed by atoms with Gasteiger partial charge in [-0.15, -0.1) is 0 Å². The number of hydrogen-bond donors (Lipinski definition) is 0. The Hall–Kier alpha value is -1.83. The molecule has 0 fully saturated rings. The lowest BCUT2D eigenvalue weighted by Crippen LogP contribution is -2.03. The Balaban J connectivity index is 2.08. The minimum Gasteiger partial charge on any atom is -0.469 e. The van der Waals surface area contributed by atoms with Crippen LogP contribution in [0.15, 0.2) is 48.7 Å². The maximum absolute atomic E-state index is 5.63. The molecule has 2 rings (SSSR count). The molecule has 0 aliphatic heterocycles. The van der Waals surface area contributed by atoms with Crippen LogP contribution in [0.1, 0.15) is 18.6 Å². The number of ether oxygens (including phenoxy) is 1. The summed E-state index contributed by atoms with van der Waals surface area (Å²) in [5, 5.41) is 0. The monoisotopic (exact) mass is 198 g/mol. The summed E-state index contributed by atoms with van der Waals surface area (Å²) < 4.78 is 5.63. The molecule has 1 unspecified atom stereocenters. The van der Waals surface area contributed by atoms with Gasteiger partial charge in [0.15, 0.2) is 0 Å². The Morgan fingerprint density at radius 1 is 1.20 bits per heavy atom. The lowest BCUT2D eigenvalue weighted by Gasteiger charge is -2.13. The number of hydrogen-bond acceptors (Lipinski definition) is 2. The first kappa shape index (κ1) is 9.71. The van der Waals surface area contributed by atoms with Crippen molar-refractivity contribution in [1.29, 1.82) is 0 Å². The van der Waals surface area contributed by atoms with Crippen molar-refractivity contribution in [2.75, 3.05) is 0 Å². The quantitative estimate of drug-likeness (QED) is 0.756. The van der Waals surface area contributed by atoms with Crippen molar-refractivity contribution in [3.05, 3.63) is 60.3 Å². The molecule has 1 aromatic carbocycles. The molecule has 1 aromatic heterocycles. The minimum absolute atomic E-state index is 0.00245. The highest BCUT2D eigenvalue weighted by molar-refractivity contribution is 5.18. The zero-order valence-electron chi connectivity index (χ0n) is 8.55. The molecule has 0 spiro atoms. The first-order valence-corrected chi connectivity index (χ1v) is 4.90. The number of nitrogens with zero attached hydrogens (tertiary/aromatic N) is 1. The van der Waals surface area contributed by atoms with E-state index < -0.39 is 0 Å². The van der Waals surface area contributed by atoms with Crippen molar-refractivity contribution in [3.63, 3.8) is 0 Å². The van der Waals surface area contributed by atoms with E-state index in [-0.39, 0.29) is 6.10 Å². The number of aromatic nitrogens is 1. The SMILES string of the molecule is CC(Oc1[c]cccn1)c1ccccc1. The zero-order valence-corrected chi connectivity index (χ0v) is 8.55. The molecule has 1 heterocycles. The van der Waals surface area contributed by atoms with Gasteiger partial charge in [-0.3, -0.25) is 0 Å². The molecule has 1 atom stereocenters. The molecule has 2 aromatic rings. The van der Waals surface area contributed by atoms with Crippen LogP contribution in [0, 0.1) is 6.07 Å². The average molecular weight is 198 g/mol. The van der Waals surface area contributed by atoms with E-state index >= 15 is 0 Å². The topological polar surface area (TPSA) is 22.1 Å². The number of rotatable bonds is 3. The van der Waals surface area contributed by atoms with Crippen molar-refractivity contribution in [2.24, 2.45) is 0 Å². The maximum Gasteiger partial charge on any atom is 0.222 e.